The van der Waals surface area contributed by atoms with Crippen molar-refractivity contribution in [1.29, 1.82) is 0 Å². The second kappa shape index (κ2) is 4.95. The third kappa shape index (κ3) is 2.95. The Hall–Kier alpha value is -2.10. The van der Waals surface area contributed by atoms with Gasteiger partial charge in [-0.3, -0.25) is 4.79 Å². The lowest BCUT2D eigenvalue weighted by atomic mass is 10.1. The summed E-state index contributed by atoms with van der Waals surface area (Å²) in [6, 6.07) is 8.99. The fourth-order valence-corrected chi connectivity index (χ4v) is 1.11. The maximum absolute atomic E-state index is 10.6. The number of hydrogen-bond donors (Lipinski definition) is 2. The fraction of sp³-hybridized carbons (Fsp3) is 0.0909. The van der Waals surface area contributed by atoms with Crippen LogP contribution in [0.1, 0.15) is 5.56 Å². The van der Waals surface area contributed by atoms with Crippen molar-refractivity contribution in [3.05, 3.63) is 41.6 Å². The van der Waals surface area contributed by atoms with Crippen LogP contribution in [0.4, 0.5) is 0 Å². The Morgan fingerprint density at radius 2 is 1.93 bits per heavy atom. The normalized spacial score (nSPS) is 13.2. The first-order valence-electron chi connectivity index (χ1n) is 4.35. The van der Waals surface area contributed by atoms with Gasteiger partial charge in [-0.2, -0.15) is 0 Å². The van der Waals surface area contributed by atoms with Crippen LogP contribution in [0.25, 0.3) is 6.08 Å². The second-order valence-electron chi connectivity index (χ2n) is 3.01. The van der Waals surface area contributed by atoms with Gasteiger partial charge in [-0.05, 0) is 11.6 Å². The number of carbonyl (C=O) groups is 2. The first kappa shape index (κ1) is 11.0. The maximum atomic E-state index is 10.6. The van der Waals surface area contributed by atoms with Gasteiger partial charge in [0.05, 0.1) is 0 Å². The zero-order chi connectivity index (χ0) is 11.3. The number of aliphatic carboxylic acids is 1. The first-order chi connectivity index (χ1) is 7.15. The molecule has 1 aromatic rings. The van der Waals surface area contributed by atoms with Gasteiger partial charge in [0.1, 0.15) is 6.29 Å². The molecule has 1 unspecified atom stereocenters. The number of carboxylic acids is 1. The van der Waals surface area contributed by atoms with Crippen LogP contribution in [-0.2, 0) is 9.59 Å². The summed E-state index contributed by atoms with van der Waals surface area (Å²) in [6.07, 6.45) is 1.80. The molecule has 1 atom stereocenters. The van der Waals surface area contributed by atoms with E-state index in [0.29, 0.717) is 6.29 Å². The van der Waals surface area contributed by atoms with Gasteiger partial charge < -0.3 is 15.6 Å². The van der Waals surface area contributed by atoms with E-state index < -0.39 is 11.9 Å². The summed E-state index contributed by atoms with van der Waals surface area (Å²) in [5.74, 6) is -2.51. The van der Waals surface area contributed by atoms with Gasteiger partial charge in [-0.15, -0.1) is 0 Å². The standard InChI is InChI=1S/C11H11NO3/c12-10(9(7-13)11(14)15)6-8-4-2-1-3-5-8/h1-7,9H,12H2,(H,14,15). The summed E-state index contributed by atoms with van der Waals surface area (Å²) in [4.78, 5) is 21.1. The summed E-state index contributed by atoms with van der Waals surface area (Å²) >= 11 is 0. The Morgan fingerprint density at radius 3 is 2.40 bits per heavy atom. The molecule has 1 rings (SSSR count). The van der Waals surface area contributed by atoms with E-state index in [9.17, 15) is 9.59 Å². The maximum Gasteiger partial charge on any atom is 0.319 e. The molecular formula is C11H11NO3. The van der Waals surface area contributed by atoms with Crippen molar-refractivity contribution in [2.75, 3.05) is 0 Å². The third-order valence-electron chi connectivity index (χ3n) is 1.89. The molecule has 3 N–H and O–H groups in total. The Labute approximate surface area is 87.0 Å². The fourth-order valence-electron chi connectivity index (χ4n) is 1.11. The molecule has 15 heavy (non-hydrogen) atoms. The largest absolute Gasteiger partial charge is 0.480 e. The molecule has 78 valence electrons. The van der Waals surface area contributed by atoms with Gasteiger partial charge in [0.2, 0.25) is 0 Å². The number of benzene rings is 1. The van der Waals surface area contributed by atoms with E-state index >= 15 is 0 Å². The van der Waals surface area contributed by atoms with Crippen molar-refractivity contribution in [1.82, 2.24) is 0 Å². The van der Waals surface area contributed by atoms with Crippen molar-refractivity contribution in [2.45, 2.75) is 0 Å². The van der Waals surface area contributed by atoms with Crippen LogP contribution in [0.5, 0.6) is 0 Å². The van der Waals surface area contributed by atoms with Gasteiger partial charge >= 0.3 is 5.97 Å². The molecule has 0 heterocycles. The van der Waals surface area contributed by atoms with Gasteiger partial charge in [-0.1, -0.05) is 30.3 Å². The smallest absolute Gasteiger partial charge is 0.319 e. The molecule has 4 nitrogen and oxygen atoms in total. The van der Waals surface area contributed by atoms with Crippen molar-refractivity contribution in [3.63, 3.8) is 0 Å². The van der Waals surface area contributed by atoms with Crippen LogP contribution in [0, 0.1) is 5.92 Å². The van der Waals surface area contributed by atoms with Crippen molar-refractivity contribution in [3.8, 4) is 0 Å². The van der Waals surface area contributed by atoms with Crippen molar-refractivity contribution < 1.29 is 14.7 Å². The Balaban J connectivity index is 2.92. The Kier molecular flexibility index (Phi) is 3.62. The summed E-state index contributed by atoms with van der Waals surface area (Å²) in [5, 5.41) is 8.67. The minimum absolute atomic E-state index is 0.0312. The Morgan fingerprint density at radius 1 is 1.33 bits per heavy atom. The highest BCUT2D eigenvalue weighted by Gasteiger charge is 2.18. The number of carbonyl (C=O) groups excluding carboxylic acids is 1. The van der Waals surface area contributed by atoms with E-state index in [1.54, 1.807) is 24.3 Å². The predicted octanol–water partition coefficient (Wildman–Crippen LogP) is 0.886. The average Bonchev–Trinajstić information content (AvgIpc) is 2.19. The molecule has 0 aromatic heterocycles. The number of aldehydes is 1. The molecule has 0 aliphatic rings. The highest BCUT2D eigenvalue weighted by atomic mass is 16.4. The molecule has 4 heteroatoms. The lowest BCUT2D eigenvalue weighted by Gasteiger charge is -2.04. The molecule has 0 saturated heterocycles. The molecule has 0 saturated carbocycles. The van der Waals surface area contributed by atoms with E-state index in [1.165, 1.54) is 6.08 Å². The lowest BCUT2D eigenvalue weighted by molar-refractivity contribution is -0.141. The average molecular weight is 205 g/mol. The zero-order valence-electron chi connectivity index (χ0n) is 7.96. The molecule has 0 aliphatic carbocycles. The monoisotopic (exact) mass is 205 g/mol. The third-order valence-corrected chi connectivity index (χ3v) is 1.89. The van der Waals surface area contributed by atoms with E-state index in [0.717, 1.165) is 5.56 Å². The van der Waals surface area contributed by atoms with Crippen LogP contribution < -0.4 is 5.73 Å². The number of nitrogens with two attached hydrogens (primary N) is 1. The molecule has 0 radical (unpaired) electrons. The van der Waals surface area contributed by atoms with E-state index in [2.05, 4.69) is 0 Å². The second-order valence-corrected chi connectivity index (χ2v) is 3.01. The van der Waals surface area contributed by atoms with Gasteiger partial charge in [0, 0.05) is 5.70 Å². The van der Waals surface area contributed by atoms with E-state index in [4.69, 9.17) is 10.8 Å². The van der Waals surface area contributed by atoms with Crippen molar-refractivity contribution >= 4 is 18.3 Å². The molecule has 0 bridgehead atoms. The number of rotatable bonds is 4. The SMILES string of the molecule is NC(=Cc1ccccc1)C(C=O)C(=O)O. The lowest BCUT2D eigenvalue weighted by Crippen LogP contribution is -2.22. The molecule has 0 fully saturated rings. The minimum Gasteiger partial charge on any atom is -0.480 e. The minimum atomic E-state index is -1.27. The summed E-state index contributed by atoms with van der Waals surface area (Å²) in [6.45, 7) is 0. The van der Waals surface area contributed by atoms with Gasteiger partial charge in [-0.25, -0.2) is 0 Å². The van der Waals surface area contributed by atoms with Crippen molar-refractivity contribution in [2.24, 2.45) is 11.7 Å². The zero-order valence-corrected chi connectivity index (χ0v) is 7.96. The summed E-state index contributed by atoms with van der Waals surface area (Å²) in [5.41, 5.74) is 6.31. The van der Waals surface area contributed by atoms with E-state index in [-0.39, 0.29) is 5.70 Å². The first-order valence-corrected chi connectivity index (χ1v) is 4.35. The highest BCUT2D eigenvalue weighted by Crippen LogP contribution is 2.09. The van der Waals surface area contributed by atoms with Crippen LogP contribution in [0.3, 0.4) is 0 Å². The number of hydrogen-bond acceptors (Lipinski definition) is 3. The van der Waals surface area contributed by atoms with Crippen LogP contribution in [-0.4, -0.2) is 17.4 Å². The van der Waals surface area contributed by atoms with Gasteiger partial charge in [0.15, 0.2) is 5.92 Å². The molecule has 0 aliphatic heterocycles. The highest BCUT2D eigenvalue weighted by molar-refractivity contribution is 5.91. The van der Waals surface area contributed by atoms with Gasteiger partial charge in [0.25, 0.3) is 0 Å². The molecule has 0 spiro atoms. The predicted molar refractivity (Wildman–Crippen MR) is 55.8 cm³/mol. The van der Waals surface area contributed by atoms with Crippen LogP contribution in [0.2, 0.25) is 0 Å². The Bertz CT molecular complexity index is 384. The molecule has 1 aromatic carbocycles. The summed E-state index contributed by atoms with van der Waals surface area (Å²) in [7, 11) is 0. The quantitative estimate of drug-likeness (QED) is 0.565. The summed E-state index contributed by atoms with van der Waals surface area (Å²) < 4.78 is 0. The van der Waals surface area contributed by atoms with Crippen LogP contribution in [0.15, 0.2) is 36.0 Å². The molecular weight excluding hydrogens is 194 g/mol. The topological polar surface area (TPSA) is 80.4 Å². The molecule has 0 amide bonds. The van der Waals surface area contributed by atoms with E-state index in [1.807, 2.05) is 6.07 Å². The van der Waals surface area contributed by atoms with Crippen LogP contribution >= 0.6 is 0 Å². The number of carboxylic acid groups (broad SMARTS) is 1.